The van der Waals surface area contributed by atoms with Crippen LogP contribution < -0.4 is 10.5 Å². The molecule has 2 aromatic rings. The van der Waals surface area contributed by atoms with Crippen molar-refractivity contribution in [2.45, 2.75) is 13.3 Å². The molecular formula is C12H12FN3O. The molecule has 2 N–H and O–H groups in total. The summed E-state index contributed by atoms with van der Waals surface area (Å²) in [6.07, 6.45) is 2.16. The molecule has 0 saturated heterocycles. The average Bonchev–Trinajstić information content (AvgIpc) is 2.33. The van der Waals surface area contributed by atoms with E-state index in [1.54, 1.807) is 12.1 Å². The highest BCUT2D eigenvalue weighted by atomic mass is 19.1. The van der Waals surface area contributed by atoms with Crippen LogP contribution in [0.15, 0.2) is 30.6 Å². The smallest absolute Gasteiger partial charge is 0.222 e. The highest BCUT2D eigenvalue weighted by Crippen LogP contribution is 2.24. The summed E-state index contributed by atoms with van der Waals surface area (Å²) in [5.74, 6) is -0.0952. The van der Waals surface area contributed by atoms with E-state index in [4.69, 9.17) is 10.5 Å². The number of nitrogen functional groups attached to an aromatic ring is 1. The molecule has 0 amide bonds. The van der Waals surface area contributed by atoms with E-state index in [9.17, 15) is 4.39 Å². The largest absolute Gasteiger partial charge is 0.436 e. The van der Waals surface area contributed by atoms with Gasteiger partial charge in [-0.05, 0) is 18.6 Å². The quantitative estimate of drug-likeness (QED) is 0.827. The van der Waals surface area contributed by atoms with Gasteiger partial charge in [-0.3, -0.25) is 0 Å². The van der Waals surface area contributed by atoms with E-state index in [-0.39, 0.29) is 5.75 Å². The van der Waals surface area contributed by atoms with Gasteiger partial charge in [-0.25, -0.2) is 14.4 Å². The molecule has 1 heterocycles. The molecule has 0 saturated carbocycles. The number of benzene rings is 1. The van der Waals surface area contributed by atoms with Crippen LogP contribution in [0.1, 0.15) is 12.6 Å². The molecule has 0 radical (unpaired) electrons. The Hall–Kier alpha value is -2.17. The Kier molecular flexibility index (Phi) is 3.18. The van der Waals surface area contributed by atoms with Gasteiger partial charge in [0.25, 0.3) is 0 Å². The third kappa shape index (κ3) is 2.69. The van der Waals surface area contributed by atoms with E-state index in [0.717, 1.165) is 12.1 Å². The van der Waals surface area contributed by atoms with Crippen LogP contribution in [-0.2, 0) is 6.42 Å². The zero-order chi connectivity index (χ0) is 12.3. The van der Waals surface area contributed by atoms with Gasteiger partial charge in [0, 0.05) is 23.5 Å². The molecule has 0 aliphatic heterocycles. The van der Waals surface area contributed by atoms with Crippen molar-refractivity contribution in [3.05, 3.63) is 42.1 Å². The Morgan fingerprint density at radius 1 is 1.29 bits per heavy atom. The second-order valence-corrected chi connectivity index (χ2v) is 3.49. The molecule has 0 aliphatic carbocycles. The fourth-order valence-electron chi connectivity index (χ4n) is 1.34. The minimum absolute atomic E-state index is 0.0972. The molecule has 88 valence electrons. The van der Waals surface area contributed by atoms with Crippen LogP contribution in [0.5, 0.6) is 11.6 Å². The minimum atomic E-state index is -0.512. The van der Waals surface area contributed by atoms with Gasteiger partial charge in [0.2, 0.25) is 5.88 Å². The van der Waals surface area contributed by atoms with Crippen LogP contribution in [0.25, 0.3) is 0 Å². The predicted octanol–water partition coefficient (Wildman–Crippen LogP) is 2.55. The lowest BCUT2D eigenvalue weighted by Crippen LogP contribution is -1.95. The second-order valence-electron chi connectivity index (χ2n) is 3.49. The van der Waals surface area contributed by atoms with Crippen molar-refractivity contribution < 1.29 is 9.13 Å². The van der Waals surface area contributed by atoms with Crippen LogP contribution in [0.4, 0.5) is 10.1 Å². The summed E-state index contributed by atoms with van der Waals surface area (Å²) in [4.78, 5) is 7.95. The number of nitrogens with two attached hydrogens (primary N) is 1. The molecule has 0 aliphatic rings. The lowest BCUT2D eigenvalue weighted by atomic mass is 10.3. The number of ether oxygens (including phenoxy) is 1. The fraction of sp³-hybridized carbons (Fsp3) is 0.167. The van der Waals surface area contributed by atoms with Crippen molar-refractivity contribution in [2.24, 2.45) is 0 Å². The summed E-state index contributed by atoms with van der Waals surface area (Å²) in [5.41, 5.74) is 6.64. The maximum absolute atomic E-state index is 13.5. The first-order valence-electron chi connectivity index (χ1n) is 5.23. The highest BCUT2D eigenvalue weighted by Gasteiger charge is 2.06. The van der Waals surface area contributed by atoms with Crippen LogP contribution in [-0.4, -0.2) is 9.97 Å². The Labute approximate surface area is 98.3 Å². The third-order valence-corrected chi connectivity index (χ3v) is 2.23. The topological polar surface area (TPSA) is 61.0 Å². The summed E-state index contributed by atoms with van der Waals surface area (Å²) in [6, 6.07) is 5.92. The number of hydrogen-bond donors (Lipinski definition) is 1. The van der Waals surface area contributed by atoms with Gasteiger partial charge in [0.15, 0.2) is 11.6 Å². The highest BCUT2D eigenvalue weighted by molar-refractivity contribution is 5.43. The van der Waals surface area contributed by atoms with Gasteiger partial charge in [0.1, 0.15) is 6.33 Å². The van der Waals surface area contributed by atoms with E-state index < -0.39 is 5.82 Å². The molecule has 4 nitrogen and oxygen atoms in total. The molecule has 17 heavy (non-hydrogen) atoms. The van der Waals surface area contributed by atoms with Crippen molar-refractivity contribution in [1.29, 1.82) is 0 Å². The maximum atomic E-state index is 13.5. The standard InChI is InChI=1S/C12H12FN3O/c1-2-9-6-12(16-7-15-9)17-11-4-3-8(14)5-10(11)13/h3-7H,2,14H2,1H3. The Morgan fingerprint density at radius 2 is 2.12 bits per heavy atom. The van der Waals surface area contributed by atoms with E-state index in [2.05, 4.69) is 9.97 Å². The average molecular weight is 233 g/mol. The number of aryl methyl sites for hydroxylation is 1. The number of rotatable bonds is 3. The van der Waals surface area contributed by atoms with Crippen molar-refractivity contribution in [2.75, 3.05) is 5.73 Å². The molecule has 0 atom stereocenters. The number of nitrogens with zero attached hydrogens (tertiary/aromatic N) is 2. The first-order valence-corrected chi connectivity index (χ1v) is 5.23. The van der Waals surface area contributed by atoms with Crippen LogP contribution in [0.2, 0.25) is 0 Å². The van der Waals surface area contributed by atoms with Crippen LogP contribution >= 0.6 is 0 Å². The predicted molar refractivity (Wildman–Crippen MR) is 62.3 cm³/mol. The van der Waals surface area contributed by atoms with E-state index in [1.165, 1.54) is 18.5 Å². The minimum Gasteiger partial charge on any atom is -0.436 e. The summed E-state index contributed by atoms with van der Waals surface area (Å²) in [5, 5.41) is 0. The molecule has 0 unspecified atom stereocenters. The van der Waals surface area contributed by atoms with Crippen LogP contribution in [0, 0.1) is 5.82 Å². The van der Waals surface area contributed by atoms with Crippen molar-refractivity contribution in [1.82, 2.24) is 9.97 Å². The zero-order valence-electron chi connectivity index (χ0n) is 9.35. The molecule has 0 fully saturated rings. The molecule has 0 bridgehead atoms. The number of anilines is 1. The van der Waals surface area contributed by atoms with Gasteiger partial charge in [0.05, 0.1) is 0 Å². The van der Waals surface area contributed by atoms with Gasteiger partial charge < -0.3 is 10.5 Å². The Morgan fingerprint density at radius 3 is 2.82 bits per heavy atom. The van der Waals surface area contributed by atoms with E-state index >= 15 is 0 Å². The summed E-state index contributed by atoms with van der Waals surface area (Å²) in [7, 11) is 0. The molecular weight excluding hydrogens is 221 g/mol. The second kappa shape index (κ2) is 4.78. The normalized spacial score (nSPS) is 10.2. The first-order chi connectivity index (χ1) is 8.19. The monoisotopic (exact) mass is 233 g/mol. The van der Waals surface area contributed by atoms with Gasteiger partial charge >= 0.3 is 0 Å². The number of halogens is 1. The van der Waals surface area contributed by atoms with Gasteiger partial charge in [-0.1, -0.05) is 6.92 Å². The molecule has 1 aromatic carbocycles. The van der Waals surface area contributed by atoms with Gasteiger partial charge in [-0.2, -0.15) is 0 Å². The SMILES string of the molecule is CCc1cc(Oc2ccc(N)cc2F)ncn1. The van der Waals surface area contributed by atoms with Crippen LogP contribution in [0.3, 0.4) is 0 Å². The first kappa shape index (κ1) is 11.3. The van der Waals surface area contributed by atoms with E-state index in [0.29, 0.717) is 11.6 Å². The molecule has 0 spiro atoms. The fourth-order valence-corrected chi connectivity index (χ4v) is 1.34. The third-order valence-electron chi connectivity index (χ3n) is 2.23. The number of aromatic nitrogens is 2. The van der Waals surface area contributed by atoms with Crippen molar-refractivity contribution in [3.8, 4) is 11.6 Å². The van der Waals surface area contributed by atoms with Crippen molar-refractivity contribution >= 4 is 5.69 Å². The molecule has 2 rings (SSSR count). The Bertz CT molecular complexity index is 531. The molecule has 1 aromatic heterocycles. The lowest BCUT2D eigenvalue weighted by Gasteiger charge is -2.06. The zero-order valence-corrected chi connectivity index (χ0v) is 9.35. The molecule has 5 heteroatoms. The summed E-state index contributed by atoms with van der Waals surface area (Å²) in [6.45, 7) is 1.97. The Balaban J connectivity index is 2.25. The number of hydrogen-bond acceptors (Lipinski definition) is 4. The summed E-state index contributed by atoms with van der Waals surface area (Å²) >= 11 is 0. The van der Waals surface area contributed by atoms with Crippen molar-refractivity contribution in [3.63, 3.8) is 0 Å². The van der Waals surface area contributed by atoms with Gasteiger partial charge in [-0.15, -0.1) is 0 Å². The van der Waals surface area contributed by atoms with E-state index in [1.807, 2.05) is 6.92 Å². The lowest BCUT2D eigenvalue weighted by molar-refractivity contribution is 0.426. The summed E-state index contributed by atoms with van der Waals surface area (Å²) < 4.78 is 18.8. The maximum Gasteiger partial charge on any atom is 0.222 e.